The largest absolute Gasteiger partial charge is 1.00 e. The third-order valence-electron chi connectivity index (χ3n) is 1.74. The average molecular weight is 194 g/mol. The predicted octanol–water partition coefficient (Wildman–Crippen LogP) is 0.422. The van der Waals surface area contributed by atoms with E-state index in [1.54, 1.807) is 36.4 Å². The van der Waals surface area contributed by atoms with E-state index in [0.29, 0.717) is 5.75 Å². The Morgan fingerprint density at radius 1 is 0.867 bits per heavy atom. The number of rotatable bonds is 2. The molecule has 3 heteroatoms. The van der Waals surface area contributed by atoms with E-state index < -0.39 is 0 Å². The molecule has 2 aromatic carbocycles. The quantitative estimate of drug-likeness (QED) is 0.497. The van der Waals surface area contributed by atoms with Gasteiger partial charge in [-0.25, -0.2) is 4.39 Å². The van der Waals surface area contributed by atoms with Gasteiger partial charge in [-0.2, -0.15) is 18.2 Å². The molecule has 0 aliphatic rings. The maximum atomic E-state index is 12.6. The predicted molar refractivity (Wildman–Crippen MR) is 51.8 cm³/mol. The first-order valence-electron chi connectivity index (χ1n) is 4.24. The van der Waals surface area contributed by atoms with Gasteiger partial charge in [0.25, 0.3) is 0 Å². The van der Waals surface area contributed by atoms with E-state index in [-0.39, 0.29) is 24.7 Å². The molecule has 1 nitrogen and oxygen atoms in total. The Labute approximate surface area is 100 Å². The second kappa shape index (κ2) is 5.60. The van der Waals surface area contributed by atoms with E-state index in [2.05, 4.69) is 6.07 Å². The molecule has 0 radical (unpaired) electrons. The van der Waals surface area contributed by atoms with Crippen LogP contribution in [0.25, 0.3) is 0 Å². The van der Waals surface area contributed by atoms with Gasteiger partial charge in [0.05, 0.1) is 0 Å². The third-order valence-corrected chi connectivity index (χ3v) is 1.74. The molecule has 0 unspecified atom stereocenters. The molecule has 2 rings (SSSR count). The molecule has 0 atom stereocenters. The molecule has 0 amide bonds. The van der Waals surface area contributed by atoms with E-state index in [4.69, 9.17) is 4.74 Å². The first-order valence-corrected chi connectivity index (χ1v) is 4.24. The summed E-state index contributed by atoms with van der Waals surface area (Å²) in [6.07, 6.45) is 0. The minimum Gasteiger partial charge on any atom is -0.483 e. The van der Waals surface area contributed by atoms with Gasteiger partial charge in [0.15, 0.2) is 0 Å². The van der Waals surface area contributed by atoms with Crippen molar-refractivity contribution in [2.75, 3.05) is 0 Å². The molecule has 0 aromatic heterocycles. The fourth-order valence-electron chi connectivity index (χ4n) is 1.08. The van der Waals surface area contributed by atoms with Crippen LogP contribution in [0.4, 0.5) is 4.39 Å². The van der Waals surface area contributed by atoms with Gasteiger partial charge < -0.3 is 4.74 Å². The first-order chi connectivity index (χ1) is 6.84. The van der Waals surface area contributed by atoms with E-state index in [1.807, 2.05) is 0 Å². The summed E-state index contributed by atoms with van der Waals surface area (Å²) in [7, 11) is 0. The molecule has 70 valence electrons. The number of benzene rings is 2. The molecular weight excluding hydrogens is 186 g/mol. The van der Waals surface area contributed by atoms with E-state index in [9.17, 15) is 4.39 Å². The Balaban J connectivity index is 0.00000112. The minimum absolute atomic E-state index is 0. The summed E-state index contributed by atoms with van der Waals surface area (Å²) in [4.78, 5) is 0. The molecular formula is C12H8FLiO. The van der Waals surface area contributed by atoms with Crippen molar-refractivity contribution in [2.45, 2.75) is 0 Å². The van der Waals surface area contributed by atoms with Crippen molar-refractivity contribution in [3.8, 4) is 11.5 Å². The Bertz CT molecular complexity index is 400. The second-order valence-corrected chi connectivity index (χ2v) is 2.79. The van der Waals surface area contributed by atoms with Crippen LogP contribution in [0, 0.1) is 11.9 Å². The molecule has 0 aliphatic carbocycles. The van der Waals surface area contributed by atoms with Crippen molar-refractivity contribution in [1.82, 2.24) is 0 Å². The van der Waals surface area contributed by atoms with Gasteiger partial charge >= 0.3 is 18.9 Å². The molecule has 0 N–H and O–H groups in total. The standard InChI is InChI=1S/C12H8FO.Li/c13-10-6-8-12(9-7-10)14-11-4-2-1-3-5-11;/h2-9H;/q-1;+1. The first kappa shape index (κ1) is 11.8. The molecule has 0 bridgehead atoms. The van der Waals surface area contributed by atoms with Crippen molar-refractivity contribution in [3.63, 3.8) is 0 Å². The van der Waals surface area contributed by atoms with Gasteiger partial charge in [0.1, 0.15) is 11.6 Å². The summed E-state index contributed by atoms with van der Waals surface area (Å²) in [5.41, 5.74) is 0. The zero-order valence-electron chi connectivity index (χ0n) is 8.41. The molecule has 0 spiro atoms. The van der Waals surface area contributed by atoms with E-state index in [0.717, 1.165) is 5.75 Å². The summed E-state index contributed by atoms with van der Waals surface area (Å²) >= 11 is 0. The zero-order chi connectivity index (χ0) is 9.80. The third kappa shape index (κ3) is 3.43. The Morgan fingerprint density at radius 2 is 1.40 bits per heavy atom. The monoisotopic (exact) mass is 194 g/mol. The molecule has 0 heterocycles. The summed E-state index contributed by atoms with van der Waals surface area (Å²) in [6, 6.07) is 15.9. The smallest absolute Gasteiger partial charge is 0.483 e. The molecule has 0 saturated carbocycles. The van der Waals surface area contributed by atoms with Crippen LogP contribution in [-0.4, -0.2) is 0 Å². The number of halogens is 1. The Hall–Kier alpha value is -1.23. The minimum atomic E-state index is -0.265. The van der Waals surface area contributed by atoms with Crippen LogP contribution in [0.3, 0.4) is 0 Å². The van der Waals surface area contributed by atoms with Crippen molar-refractivity contribution in [3.05, 3.63) is 60.4 Å². The maximum Gasteiger partial charge on any atom is 1.00 e. The van der Waals surface area contributed by atoms with Crippen molar-refractivity contribution < 1.29 is 28.0 Å². The second-order valence-electron chi connectivity index (χ2n) is 2.79. The number of ether oxygens (including phenoxy) is 1. The van der Waals surface area contributed by atoms with Gasteiger partial charge in [0.2, 0.25) is 0 Å². The zero-order valence-corrected chi connectivity index (χ0v) is 8.41. The van der Waals surface area contributed by atoms with Crippen LogP contribution in [-0.2, 0) is 0 Å². The summed E-state index contributed by atoms with van der Waals surface area (Å²) in [5, 5.41) is 0. The topological polar surface area (TPSA) is 9.23 Å². The maximum absolute atomic E-state index is 12.6. The van der Waals surface area contributed by atoms with E-state index >= 15 is 0 Å². The molecule has 0 saturated heterocycles. The fraction of sp³-hybridized carbons (Fsp3) is 0. The van der Waals surface area contributed by atoms with Crippen molar-refractivity contribution in [1.29, 1.82) is 0 Å². The number of hydrogen-bond acceptors (Lipinski definition) is 1. The summed E-state index contributed by atoms with van der Waals surface area (Å²) in [5.74, 6) is 1.08. The molecule has 15 heavy (non-hydrogen) atoms. The SMILES string of the molecule is Fc1ccc(Oc2cc[c-]cc2)cc1.[Li+]. The molecule has 0 aliphatic heterocycles. The van der Waals surface area contributed by atoms with Crippen LogP contribution in [0.5, 0.6) is 11.5 Å². The fourth-order valence-corrected chi connectivity index (χ4v) is 1.08. The van der Waals surface area contributed by atoms with Gasteiger partial charge in [-0.1, -0.05) is 0 Å². The Kier molecular flexibility index (Phi) is 4.42. The van der Waals surface area contributed by atoms with Crippen molar-refractivity contribution in [2.24, 2.45) is 0 Å². The van der Waals surface area contributed by atoms with Crippen LogP contribution >= 0.6 is 0 Å². The van der Waals surface area contributed by atoms with Crippen LogP contribution in [0.2, 0.25) is 0 Å². The van der Waals surface area contributed by atoms with Crippen LogP contribution in [0.15, 0.2) is 48.5 Å². The van der Waals surface area contributed by atoms with Crippen LogP contribution in [0.1, 0.15) is 0 Å². The van der Waals surface area contributed by atoms with Gasteiger partial charge in [0, 0.05) is 5.75 Å². The van der Waals surface area contributed by atoms with Gasteiger partial charge in [-0.3, -0.25) is 0 Å². The number of hydrogen-bond donors (Lipinski definition) is 0. The normalized spacial score (nSPS) is 9.13. The van der Waals surface area contributed by atoms with E-state index in [1.165, 1.54) is 12.1 Å². The van der Waals surface area contributed by atoms with Crippen molar-refractivity contribution >= 4 is 0 Å². The Morgan fingerprint density at radius 3 is 2.00 bits per heavy atom. The molecule has 2 aromatic rings. The average Bonchev–Trinajstić information content (AvgIpc) is 2.23. The van der Waals surface area contributed by atoms with Gasteiger partial charge in [-0.15, -0.1) is 12.1 Å². The van der Waals surface area contributed by atoms with Crippen LogP contribution < -0.4 is 23.6 Å². The summed E-state index contributed by atoms with van der Waals surface area (Å²) in [6.45, 7) is 0. The summed E-state index contributed by atoms with van der Waals surface area (Å²) < 4.78 is 18.0. The molecule has 0 fully saturated rings. The van der Waals surface area contributed by atoms with Gasteiger partial charge in [-0.05, 0) is 24.3 Å².